The van der Waals surface area contributed by atoms with Gasteiger partial charge in [0.25, 0.3) is 5.91 Å². The fourth-order valence-corrected chi connectivity index (χ4v) is 4.30. The Labute approximate surface area is 158 Å². The van der Waals surface area contributed by atoms with Crippen molar-refractivity contribution >= 4 is 11.8 Å². The van der Waals surface area contributed by atoms with Gasteiger partial charge in [0.15, 0.2) is 0 Å². The minimum absolute atomic E-state index is 0.0961. The number of piperidine rings is 1. The molecule has 0 saturated carbocycles. The first-order valence-electron chi connectivity index (χ1n) is 9.69. The van der Waals surface area contributed by atoms with E-state index in [2.05, 4.69) is 16.2 Å². The van der Waals surface area contributed by atoms with Gasteiger partial charge in [0.05, 0.1) is 0 Å². The molecule has 1 aromatic carbocycles. The molecule has 4 rings (SSSR count). The van der Waals surface area contributed by atoms with E-state index in [1.807, 2.05) is 4.90 Å². The predicted molar refractivity (Wildman–Crippen MR) is 98.3 cm³/mol. The minimum Gasteiger partial charge on any atom is -0.339 e. The summed E-state index contributed by atoms with van der Waals surface area (Å²) < 4.78 is 13.4. The molecule has 3 atom stereocenters. The second-order valence-corrected chi connectivity index (χ2v) is 7.51. The number of benzene rings is 1. The minimum atomic E-state index is -0.414. The Bertz CT molecular complexity index is 715. The lowest BCUT2D eigenvalue weighted by molar-refractivity contribution is -0.134. The summed E-state index contributed by atoms with van der Waals surface area (Å²) in [4.78, 5) is 29.3. The Morgan fingerprint density at radius 3 is 2.74 bits per heavy atom. The number of carbonyl (C=O) groups excluding carboxylic acids is 2. The number of nitrogens with one attached hydrogen (secondary N) is 3. The van der Waals surface area contributed by atoms with Gasteiger partial charge in [-0.05, 0) is 37.6 Å². The van der Waals surface area contributed by atoms with Gasteiger partial charge >= 0.3 is 0 Å². The molecule has 3 heterocycles. The molecule has 2 amide bonds. The Hall–Kier alpha value is -2.03. The molecule has 3 unspecified atom stereocenters. The molecule has 0 aliphatic carbocycles. The summed E-state index contributed by atoms with van der Waals surface area (Å²) in [6, 6.07) is 5.87. The highest BCUT2D eigenvalue weighted by Gasteiger charge is 2.42. The molecule has 1 aromatic rings. The van der Waals surface area contributed by atoms with E-state index in [9.17, 15) is 14.0 Å². The maximum Gasteiger partial charge on any atom is 0.254 e. The summed E-state index contributed by atoms with van der Waals surface area (Å²) in [7, 11) is 0. The van der Waals surface area contributed by atoms with Crippen molar-refractivity contribution < 1.29 is 14.0 Å². The lowest BCUT2D eigenvalue weighted by Crippen LogP contribution is -2.51. The fourth-order valence-electron chi connectivity index (χ4n) is 4.30. The zero-order valence-electron chi connectivity index (χ0n) is 15.3. The molecule has 3 aliphatic heterocycles. The molecule has 0 spiro atoms. The zero-order chi connectivity index (χ0) is 18.8. The van der Waals surface area contributed by atoms with E-state index in [4.69, 9.17) is 0 Å². The van der Waals surface area contributed by atoms with Crippen LogP contribution in [0.3, 0.4) is 0 Å². The standard InChI is InChI=1S/C19H26FN5O2/c20-14-4-1-3-13(11-14)18(26)24-7-2-8-25(10-9-24)19(27)17-15-12-21-6-5-16(15)22-23-17/h1,3-4,11,15-17,21-23H,2,5-10,12H2. The quantitative estimate of drug-likeness (QED) is 0.676. The van der Waals surface area contributed by atoms with Crippen LogP contribution in [-0.4, -0.2) is 73.0 Å². The highest BCUT2D eigenvalue weighted by Crippen LogP contribution is 2.22. The van der Waals surface area contributed by atoms with Crippen molar-refractivity contribution in [1.82, 2.24) is 26.0 Å². The number of rotatable bonds is 2. The van der Waals surface area contributed by atoms with E-state index in [0.717, 1.165) is 25.9 Å². The average Bonchev–Trinajstić information content (AvgIpc) is 2.96. The third-order valence-corrected chi connectivity index (χ3v) is 5.81. The molecule has 3 saturated heterocycles. The largest absolute Gasteiger partial charge is 0.339 e. The van der Waals surface area contributed by atoms with Crippen LogP contribution in [0.4, 0.5) is 4.39 Å². The van der Waals surface area contributed by atoms with Gasteiger partial charge in [-0.15, -0.1) is 0 Å². The summed E-state index contributed by atoms with van der Waals surface area (Å²) in [6.07, 6.45) is 1.73. The molecule has 3 aliphatic rings. The molecule has 3 N–H and O–H groups in total. The topological polar surface area (TPSA) is 76.7 Å². The molecule has 146 valence electrons. The van der Waals surface area contributed by atoms with Crippen molar-refractivity contribution in [3.63, 3.8) is 0 Å². The van der Waals surface area contributed by atoms with Crippen LogP contribution in [0.5, 0.6) is 0 Å². The fraction of sp³-hybridized carbons (Fsp3) is 0.579. The smallest absolute Gasteiger partial charge is 0.254 e. The molecule has 0 radical (unpaired) electrons. The van der Waals surface area contributed by atoms with Crippen LogP contribution in [-0.2, 0) is 4.79 Å². The third-order valence-electron chi connectivity index (χ3n) is 5.81. The van der Waals surface area contributed by atoms with E-state index in [1.165, 1.54) is 12.1 Å². The van der Waals surface area contributed by atoms with Crippen molar-refractivity contribution in [2.45, 2.75) is 24.9 Å². The first-order chi connectivity index (χ1) is 13.1. The highest BCUT2D eigenvalue weighted by atomic mass is 19.1. The average molecular weight is 375 g/mol. The van der Waals surface area contributed by atoms with Gasteiger partial charge in [0.1, 0.15) is 11.9 Å². The van der Waals surface area contributed by atoms with Gasteiger partial charge < -0.3 is 15.1 Å². The Kier molecular flexibility index (Phi) is 5.38. The summed E-state index contributed by atoms with van der Waals surface area (Å²) in [5.74, 6) is -0.248. The van der Waals surface area contributed by atoms with Crippen molar-refractivity contribution in [3.8, 4) is 0 Å². The van der Waals surface area contributed by atoms with Gasteiger partial charge in [0, 0.05) is 50.2 Å². The molecular weight excluding hydrogens is 349 g/mol. The van der Waals surface area contributed by atoms with Crippen molar-refractivity contribution in [2.75, 3.05) is 39.3 Å². The van der Waals surface area contributed by atoms with Gasteiger partial charge in [-0.3, -0.25) is 15.0 Å². The van der Waals surface area contributed by atoms with E-state index in [0.29, 0.717) is 37.8 Å². The molecule has 0 aromatic heterocycles. The van der Waals surface area contributed by atoms with Gasteiger partial charge in [-0.1, -0.05) is 6.07 Å². The predicted octanol–water partition coefficient (Wildman–Crippen LogP) is -0.0453. The van der Waals surface area contributed by atoms with Crippen LogP contribution in [0.15, 0.2) is 24.3 Å². The molecule has 0 bridgehead atoms. The molecule has 27 heavy (non-hydrogen) atoms. The highest BCUT2D eigenvalue weighted by molar-refractivity contribution is 5.94. The van der Waals surface area contributed by atoms with E-state index < -0.39 is 5.82 Å². The monoisotopic (exact) mass is 375 g/mol. The van der Waals surface area contributed by atoms with E-state index >= 15 is 0 Å². The number of nitrogens with zero attached hydrogens (tertiary/aromatic N) is 2. The Morgan fingerprint density at radius 2 is 1.89 bits per heavy atom. The molecule has 7 nitrogen and oxygen atoms in total. The van der Waals surface area contributed by atoms with Crippen LogP contribution in [0.2, 0.25) is 0 Å². The second-order valence-electron chi connectivity index (χ2n) is 7.51. The summed E-state index contributed by atoms with van der Waals surface area (Å²) in [5, 5.41) is 3.37. The van der Waals surface area contributed by atoms with Crippen LogP contribution in [0.25, 0.3) is 0 Å². The number of halogens is 1. The first kappa shape index (κ1) is 18.3. The maximum absolute atomic E-state index is 13.4. The number of hydrazine groups is 1. The lowest BCUT2D eigenvalue weighted by atomic mass is 9.89. The second kappa shape index (κ2) is 7.92. The summed E-state index contributed by atoms with van der Waals surface area (Å²) >= 11 is 0. The number of hydrogen-bond acceptors (Lipinski definition) is 5. The third kappa shape index (κ3) is 3.83. The first-order valence-corrected chi connectivity index (χ1v) is 9.69. The molecule has 3 fully saturated rings. The van der Waals surface area contributed by atoms with Crippen LogP contribution in [0.1, 0.15) is 23.2 Å². The number of carbonyl (C=O) groups is 2. The maximum atomic E-state index is 13.4. The normalized spacial score (nSPS) is 28.6. The van der Waals surface area contributed by atoms with Crippen molar-refractivity contribution in [3.05, 3.63) is 35.6 Å². The Balaban J connectivity index is 1.38. The molecular formula is C19H26FN5O2. The Morgan fingerprint density at radius 1 is 1.07 bits per heavy atom. The van der Waals surface area contributed by atoms with Crippen LogP contribution in [0, 0.1) is 11.7 Å². The molecule has 8 heteroatoms. The van der Waals surface area contributed by atoms with E-state index in [1.54, 1.807) is 17.0 Å². The van der Waals surface area contributed by atoms with Crippen LogP contribution >= 0.6 is 0 Å². The number of fused-ring (bicyclic) bond motifs is 1. The number of hydrogen-bond donors (Lipinski definition) is 3. The number of amides is 2. The van der Waals surface area contributed by atoms with Gasteiger partial charge in [0.2, 0.25) is 5.91 Å². The van der Waals surface area contributed by atoms with E-state index in [-0.39, 0.29) is 23.8 Å². The van der Waals surface area contributed by atoms with Gasteiger partial charge in [-0.25, -0.2) is 9.82 Å². The summed E-state index contributed by atoms with van der Waals surface area (Å²) in [6.45, 7) is 3.98. The summed E-state index contributed by atoms with van der Waals surface area (Å²) in [5.41, 5.74) is 6.79. The van der Waals surface area contributed by atoms with Crippen LogP contribution < -0.4 is 16.2 Å². The van der Waals surface area contributed by atoms with Crippen molar-refractivity contribution in [2.24, 2.45) is 5.92 Å². The van der Waals surface area contributed by atoms with Crippen molar-refractivity contribution in [1.29, 1.82) is 0 Å². The van der Waals surface area contributed by atoms with Gasteiger partial charge in [-0.2, -0.15) is 0 Å². The SMILES string of the molecule is O=C(c1cccc(F)c1)N1CCCN(C(=O)C2NNC3CCNCC32)CC1. The zero-order valence-corrected chi connectivity index (χ0v) is 15.3. The lowest BCUT2D eigenvalue weighted by Gasteiger charge is -2.30.